The Hall–Kier alpha value is -1.87. The topological polar surface area (TPSA) is 26.3 Å². The number of halogens is 2. The molecule has 0 aliphatic heterocycles. The van der Waals surface area contributed by atoms with E-state index in [0.717, 1.165) is 16.9 Å². The molecule has 4 heteroatoms. The Morgan fingerprint density at radius 1 is 1.24 bits per heavy atom. The highest BCUT2D eigenvalue weighted by molar-refractivity contribution is 6.30. The molecular weight excluding hydrogens is 291 g/mol. The Labute approximate surface area is 128 Å². The van der Waals surface area contributed by atoms with Crippen molar-refractivity contribution in [2.24, 2.45) is 0 Å². The van der Waals surface area contributed by atoms with E-state index in [1.165, 1.54) is 6.07 Å². The van der Waals surface area contributed by atoms with Crippen molar-refractivity contribution in [2.75, 3.05) is 7.11 Å². The molecule has 0 aliphatic carbocycles. The summed E-state index contributed by atoms with van der Waals surface area (Å²) in [5, 5.41) is 0.0305. The SMILES string of the molecule is COc1cc(C)c(C(=O)Cc2cccc(Cl)c2F)cc1C. The Balaban J connectivity index is 2.33. The minimum Gasteiger partial charge on any atom is -0.496 e. The van der Waals surface area contributed by atoms with Crippen LogP contribution in [0.3, 0.4) is 0 Å². The molecule has 0 bridgehead atoms. The Morgan fingerprint density at radius 2 is 1.95 bits per heavy atom. The fourth-order valence-electron chi connectivity index (χ4n) is 2.26. The maximum absolute atomic E-state index is 13.9. The van der Waals surface area contributed by atoms with Crippen molar-refractivity contribution >= 4 is 17.4 Å². The van der Waals surface area contributed by atoms with Crippen molar-refractivity contribution in [1.29, 1.82) is 0 Å². The van der Waals surface area contributed by atoms with Gasteiger partial charge in [-0.3, -0.25) is 4.79 Å². The molecule has 0 radical (unpaired) electrons. The van der Waals surface area contributed by atoms with Crippen LogP contribution in [0.25, 0.3) is 0 Å². The fraction of sp³-hybridized carbons (Fsp3) is 0.235. The van der Waals surface area contributed by atoms with Gasteiger partial charge in [0.2, 0.25) is 0 Å². The number of hydrogen-bond acceptors (Lipinski definition) is 2. The lowest BCUT2D eigenvalue weighted by atomic mass is 9.97. The largest absolute Gasteiger partial charge is 0.496 e. The molecule has 0 saturated heterocycles. The first-order chi connectivity index (χ1) is 9.93. The lowest BCUT2D eigenvalue weighted by Gasteiger charge is -2.11. The molecule has 0 spiro atoms. The second-order valence-corrected chi connectivity index (χ2v) is 5.36. The van der Waals surface area contributed by atoms with Crippen LogP contribution in [0.15, 0.2) is 30.3 Å². The van der Waals surface area contributed by atoms with Gasteiger partial charge in [0, 0.05) is 12.0 Å². The van der Waals surface area contributed by atoms with Crippen molar-refractivity contribution in [3.8, 4) is 5.75 Å². The van der Waals surface area contributed by atoms with E-state index in [2.05, 4.69) is 0 Å². The van der Waals surface area contributed by atoms with Crippen LogP contribution in [0.5, 0.6) is 5.75 Å². The maximum atomic E-state index is 13.9. The molecule has 0 amide bonds. The number of methoxy groups -OCH3 is 1. The van der Waals surface area contributed by atoms with Gasteiger partial charge in [0.05, 0.1) is 12.1 Å². The highest BCUT2D eigenvalue weighted by Gasteiger charge is 2.15. The van der Waals surface area contributed by atoms with E-state index in [-0.39, 0.29) is 17.2 Å². The predicted octanol–water partition coefficient (Wildman–Crippen LogP) is 4.53. The van der Waals surface area contributed by atoms with Crippen molar-refractivity contribution in [1.82, 2.24) is 0 Å². The van der Waals surface area contributed by atoms with Crippen LogP contribution in [-0.4, -0.2) is 12.9 Å². The molecule has 2 aromatic carbocycles. The summed E-state index contributed by atoms with van der Waals surface area (Å²) in [6.45, 7) is 3.71. The number of hydrogen-bond donors (Lipinski definition) is 0. The number of ketones is 1. The summed E-state index contributed by atoms with van der Waals surface area (Å²) in [5.41, 5.74) is 2.57. The Morgan fingerprint density at radius 3 is 2.62 bits per heavy atom. The normalized spacial score (nSPS) is 10.5. The fourth-order valence-corrected chi connectivity index (χ4v) is 2.46. The van der Waals surface area contributed by atoms with Crippen molar-refractivity contribution in [3.63, 3.8) is 0 Å². The first-order valence-electron chi connectivity index (χ1n) is 6.55. The molecule has 0 aliphatic rings. The maximum Gasteiger partial charge on any atom is 0.167 e. The van der Waals surface area contributed by atoms with Crippen LogP contribution < -0.4 is 4.74 Å². The summed E-state index contributed by atoms with van der Waals surface area (Å²) >= 11 is 5.74. The smallest absolute Gasteiger partial charge is 0.167 e. The predicted molar refractivity (Wildman–Crippen MR) is 81.9 cm³/mol. The van der Waals surface area contributed by atoms with E-state index in [1.807, 2.05) is 19.9 Å². The Kier molecular flexibility index (Phi) is 4.63. The molecule has 0 unspecified atom stereocenters. The van der Waals surface area contributed by atoms with Crippen LogP contribution in [0, 0.1) is 19.7 Å². The van der Waals surface area contributed by atoms with E-state index in [1.54, 1.807) is 25.3 Å². The van der Waals surface area contributed by atoms with Crippen LogP contribution in [-0.2, 0) is 6.42 Å². The minimum absolute atomic E-state index is 0.0149. The molecule has 2 rings (SSSR count). The molecular formula is C17H16ClFO2. The summed E-state index contributed by atoms with van der Waals surface area (Å²) in [7, 11) is 1.59. The summed E-state index contributed by atoms with van der Waals surface area (Å²) in [6, 6.07) is 8.27. The first-order valence-corrected chi connectivity index (χ1v) is 6.93. The number of ether oxygens (including phenoxy) is 1. The van der Waals surface area contributed by atoms with Gasteiger partial charge in [-0.15, -0.1) is 0 Å². The van der Waals surface area contributed by atoms with Gasteiger partial charge in [0.1, 0.15) is 11.6 Å². The van der Waals surface area contributed by atoms with Crippen LogP contribution in [0.2, 0.25) is 5.02 Å². The first kappa shape index (κ1) is 15.5. The van der Waals surface area contributed by atoms with Crippen LogP contribution in [0.4, 0.5) is 4.39 Å². The average Bonchev–Trinajstić information content (AvgIpc) is 2.45. The highest BCUT2D eigenvalue weighted by Crippen LogP contribution is 2.25. The number of carbonyl (C=O) groups excluding carboxylic acids is 1. The van der Waals surface area contributed by atoms with Crippen LogP contribution in [0.1, 0.15) is 27.0 Å². The zero-order valence-electron chi connectivity index (χ0n) is 12.2. The van der Waals surface area contributed by atoms with E-state index in [9.17, 15) is 9.18 Å². The third kappa shape index (κ3) is 3.24. The number of rotatable bonds is 4. The molecule has 0 heterocycles. The molecule has 110 valence electrons. The van der Waals surface area contributed by atoms with Gasteiger partial charge < -0.3 is 4.74 Å². The van der Waals surface area contributed by atoms with Gasteiger partial charge in [-0.2, -0.15) is 0 Å². The lowest BCUT2D eigenvalue weighted by Crippen LogP contribution is -2.08. The lowest BCUT2D eigenvalue weighted by molar-refractivity contribution is 0.0991. The quantitative estimate of drug-likeness (QED) is 0.776. The van der Waals surface area contributed by atoms with Gasteiger partial charge in [-0.25, -0.2) is 4.39 Å². The van der Waals surface area contributed by atoms with Gasteiger partial charge in [0.25, 0.3) is 0 Å². The zero-order valence-corrected chi connectivity index (χ0v) is 12.9. The molecule has 0 fully saturated rings. The monoisotopic (exact) mass is 306 g/mol. The van der Waals surface area contributed by atoms with E-state index < -0.39 is 5.82 Å². The third-order valence-corrected chi connectivity index (χ3v) is 3.72. The van der Waals surface area contributed by atoms with Crippen molar-refractivity contribution < 1.29 is 13.9 Å². The van der Waals surface area contributed by atoms with Crippen molar-refractivity contribution in [2.45, 2.75) is 20.3 Å². The second-order valence-electron chi connectivity index (χ2n) is 4.95. The molecule has 2 aromatic rings. The number of carbonyl (C=O) groups is 1. The number of aryl methyl sites for hydroxylation is 2. The minimum atomic E-state index is -0.532. The standard InChI is InChI=1S/C17H16ClFO2/c1-10-8-16(21-3)11(2)7-13(10)15(20)9-12-5-4-6-14(18)17(12)19/h4-8H,9H2,1-3H3. The Bertz CT molecular complexity index is 695. The molecule has 21 heavy (non-hydrogen) atoms. The van der Waals surface area contributed by atoms with Crippen LogP contribution >= 0.6 is 11.6 Å². The van der Waals surface area contributed by atoms with Gasteiger partial charge >= 0.3 is 0 Å². The molecule has 0 atom stereocenters. The van der Waals surface area contributed by atoms with Gasteiger partial charge in [0.15, 0.2) is 5.78 Å². The molecule has 2 nitrogen and oxygen atoms in total. The van der Waals surface area contributed by atoms with Gasteiger partial charge in [-0.05, 0) is 48.7 Å². The summed E-state index contributed by atoms with van der Waals surface area (Å²) in [5.74, 6) is 0.0628. The molecule has 0 N–H and O–H groups in total. The second kappa shape index (κ2) is 6.27. The highest BCUT2D eigenvalue weighted by atomic mass is 35.5. The van der Waals surface area contributed by atoms with Gasteiger partial charge in [-0.1, -0.05) is 23.7 Å². The van der Waals surface area contributed by atoms with E-state index in [4.69, 9.17) is 16.3 Å². The van der Waals surface area contributed by atoms with E-state index >= 15 is 0 Å². The number of Topliss-reactive ketones (excluding diaryl/α,β-unsaturated/α-hetero) is 1. The average molecular weight is 307 g/mol. The zero-order chi connectivity index (χ0) is 15.6. The summed E-state index contributed by atoms with van der Waals surface area (Å²) in [4.78, 5) is 12.4. The molecule has 0 aromatic heterocycles. The summed E-state index contributed by atoms with van der Waals surface area (Å²) in [6.07, 6.45) is -0.0149. The molecule has 0 saturated carbocycles. The van der Waals surface area contributed by atoms with E-state index in [0.29, 0.717) is 11.1 Å². The third-order valence-electron chi connectivity index (χ3n) is 3.42. The number of benzene rings is 2. The summed E-state index contributed by atoms with van der Waals surface area (Å²) < 4.78 is 19.1. The van der Waals surface area contributed by atoms with Crippen molar-refractivity contribution in [3.05, 3.63) is 63.4 Å².